The largest absolute Gasteiger partial charge is 0.382 e. The molecule has 3 N–H and O–H groups in total. The molecule has 0 amide bonds. The summed E-state index contributed by atoms with van der Waals surface area (Å²) in [5.41, 5.74) is 8.86. The third-order valence-electron chi connectivity index (χ3n) is 4.79. The number of benzene rings is 1. The average Bonchev–Trinajstić information content (AvgIpc) is 2.74. The maximum absolute atomic E-state index is 13.3. The van der Waals surface area contributed by atoms with E-state index in [4.69, 9.17) is 5.73 Å². The van der Waals surface area contributed by atoms with E-state index in [0.717, 1.165) is 16.6 Å². The molecule has 1 aromatic carbocycles. The van der Waals surface area contributed by atoms with Crippen molar-refractivity contribution in [2.75, 3.05) is 11.1 Å². The van der Waals surface area contributed by atoms with Gasteiger partial charge in [-0.05, 0) is 36.2 Å². The van der Waals surface area contributed by atoms with Crippen molar-refractivity contribution in [2.45, 2.75) is 13.0 Å². The molecule has 0 spiro atoms. The number of hydrogen-bond acceptors (Lipinski definition) is 6. The number of pyridine rings is 2. The summed E-state index contributed by atoms with van der Waals surface area (Å²) in [6.45, 7) is 1.92. The number of nitrogens with one attached hydrogen (secondary N) is 1. The Morgan fingerprint density at radius 2 is 1.90 bits per heavy atom. The van der Waals surface area contributed by atoms with E-state index in [1.807, 2.05) is 67.6 Å². The number of nitrogens with two attached hydrogens (primary N) is 1. The fourth-order valence-corrected chi connectivity index (χ4v) is 3.37. The lowest BCUT2D eigenvalue weighted by atomic mass is 9.96. The Balaban J connectivity index is 1.90. The first kappa shape index (κ1) is 18.2. The quantitative estimate of drug-likeness (QED) is 0.560. The lowest BCUT2D eigenvalue weighted by molar-refractivity contribution is 0.866. The van der Waals surface area contributed by atoms with Gasteiger partial charge in [0, 0.05) is 11.7 Å². The van der Waals surface area contributed by atoms with Gasteiger partial charge in [-0.1, -0.05) is 36.4 Å². The highest BCUT2D eigenvalue weighted by molar-refractivity contribution is 5.72. The molecule has 0 bridgehead atoms. The van der Waals surface area contributed by atoms with E-state index >= 15 is 0 Å². The van der Waals surface area contributed by atoms with Crippen LogP contribution in [0.4, 0.5) is 11.6 Å². The summed E-state index contributed by atoms with van der Waals surface area (Å²) in [7, 11) is 0. The molecule has 0 aliphatic carbocycles. The molecule has 0 saturated heterocycles. The minimum absolute atomic E-state index is 0.110. The van der Waals surface area contributed by atoms with Gasteiger partial charge in [0.2, 0.25) is 0 Å². The molecule has 142 valence electrons. The van der Waals surface area contributed by atoms with Crippen LogP contribution in [0.25, 0.3) is 16.6 Å². The maximum atomic E-state index is 13.3. The third kappa shape index (κ3) is 3.28. The van der Waals surface area contributed by atoms with Crippen LogP contribution in [0.2, 0.25) is 0 Å². The highest BCUT2D eigenvalue weighted by atomic mass is 16.1. The summed E-state index contributed by atoms with van der Waals surface area (Å²) < 4.78 is 1.63. The molecular weight excluding hydrogens is 364 g/mol. The molecule has 0 aliphatic heterocycles. The molecule has 4 rings (SSSR count). The smallest absolute Gasteiger partial charge is 0.263 e. The molecule has 3 aromatic heterocycles. The standard InChI is InChI=1S/C22H18N6O/c1-14(27-21-18(12-23)20(24)25-13-26-21)17-11-16-9-5-6-10-28(16)22(29)19(17)15-7-3-2-4-8-15/h2-11,13-14H,1H3,(H3,24,25,26,27). The predicted molar refractivity (Wildman–Crippen MR) is 112 cm³/mol. The van der Waals surface area contributed by atoms with Gasteiger partial charge in [0.15, 0.2) is 0 Å². The van der Waals surface area contributed by atoms with Gasteiger partial charge in [0.1, 0.15) is 29.6 Å². The normalized spacial score (nSPS) is 11.7. The second-order valence-corrected chi connectivity index (χ2v) is 6.60. The maximum Gasteiger partial charge on any atom is 0.263 e. The van der Waals surface area contributed by atoms with Crippen molar-refractivity contribution in [3.63, 3.8) is 0 Å². The van der Waals surface area contributed by atoms with Gasteiger partial charge < -0.3 is 11.1 Å². The van der Waals surface area contributed by atoms with Crippen molar-refractivity contribution in [1.82, 2.24) is 14.4 Å². The summed E-state index contributed by atoms with van der Waals surface area (Å²) in [6, 6.07) is 18.8. The van der Waals surface area contributed by atoms with Crippen LogP contribution in [0, 0.1) is 11.3 Å². The molecule has 4 aromatic rings. The molecule has 1 atom stereocenters. The lowest BCUT2D eigenvalue weighted by Gasteiger charge is -2.20. The number of fused-ring (bicyclic) bond motifs is 1. The van der Waals surface area contributed by atoms with Gasteiger partial charge in [0.25, 0.3) is 5.56 Å². The van der Waals surface area contributed by atoms with Crippen LogP contribution in [0.1, 0.15) is 24.1 Å². The minimum Gasteiger partial charge on any atom is -0.382 e. The number of nitrogen functional groups attached to an aromatic ring is 1. The van der Waals surface area contributed by atoms with Crippen molar-refractivity contribution in [2.24, 2.45) is 0 Å². The molecule has 7 heteroatoms. The molecule has 3 heterocycles. The molecule has 0 radical (unpaired) electrons. The first-order chi connectivity index (χ1) is 14.1. The van der Waals surface area contributed by atoms with Gasteiger partial charge in [0.05, 0.1) is 11.6 Å². The highest BCUT2D eigenvalue weighted by Gasteiger charge is 2.19. The average molecular weight is 382 g/mol. The van der Waals surface area contributed by atoms with Gasteiger partial charge in [-0.2, -0.15) is 5.26 Å². The van der Waals surface area contributed by atoms with Crippen LogP contribution in [0.5, 0.6) is 0 Å². The number of hydrogen-bond donors (Lipinski definition) is 2. The monoisotopic (exact) mass is 382 g/mol. The first-order valence-corrected chi connectivity index (χ1v) is 9.07. The Labute approximate surface area is 167 Å². The number of aromatic nitrogens is 3. The molecule has 0 fully saturated rings. The van der Waals surface area contributed by atoms with E-state index in [1.54, 1.807) is 10.6 Å². The van der Waals surface area contributed by atoms with Gasteiger partial charge in [-0.15, -0.1) is 0 Å². The Morgan fingerprint density at radius 3 is 2.66 bits per heavy atom. The van der Waals surface area contributed by atoms with Crippen molar-refractivity contribution in [3.05, 3.63) is 88.6 Å². The van der Waals surface area contributed by atoms with Crippen LogP contribution in [0.3, 0.4) is 0 Å². The van der Waals surface area contributed by atoms with Crippen LogP contribution in [-0.4, -0.2) is 14.4 Å². The van der Waals surface area contributed by atoms with E-state index < -0.39 is 0 Å². The number of rotatable bonds is 4. The number of anilines is 2. The predicted octanol–water partition coefficient (Wildman–Crippen LogP) is 3.38. The summed E-state index contributed by atoms with van der Waals surface area (Å²) >= 11 is 0. The minimum atomic E-state index is -0.315. The Morgan fingerprint density at radius 1 is 1.14 bits per heavy atom. The molecule has 0 aliphatic rings. The van der Waals surface area contributed by atoms with Gasteiger partial charge >= 0.3 is 0 Å². The molecule has 0 saturated carbocycles. The molecule has 1 unspecified atom stereocenters. The van der Waals surface area contributed by atoms with Crippen LogP contribution in [0.15, 0.2) is 71.9 Å². The van der Waals surface area contributed by atoms with Crippen molar-refractivity contribution in [1.29, 1.82) is 5.26 Å². The second kappa shape index (κ2) is 7.44. The van der Waals surface area contributed by atoms with E-state index in [0.29, 0.717) is 11.4 Å². The van der Waals surface area contributed by atoms with Crippen LogP contribution < -0.4 is 16.6 Å². The van der Waals surface area contributed by atoms with Gasteiger partial charge in [-0.3, -0.25) is 9.20 Å². The topological polar surface area (TPSA) is 109 Å². The zero-order chi connectivity index (χ0) is 20.4. The van der Waals surface area contributed by atoms with E-state index in [-0.39, 0.29) is 23.0 Å². The van der Waals surface area contributed by atoms with Gasteiger partial charge in [-0.25, -0.2) is 9.97 Å². The summed E-state index contributed by atoms with van der Waals surface area (Å²) in [5, 5.41) is 12.6. The fourth-order valence-electron chi connectivity index (χ4n) is 3.37. The number of nitrogens with zero attached hydrogens (tertiary/aromatic N) is 4. The lowest BCUT2D eigenvalue weighted by Crippen LogP contribution is -2.21. The SMILES string of the molecule is CC(Nc1ncnc(N)c1C#N)c1cc2ccccn2c(=O)c1-c1ccccc1. The summed E-state index contributed by atoms with van der Waals surface area (Å²) in [4.78, 5) is 21.3. The Bertz CT molecular complexity index is 1290. The third-order valence-corrected chi connectivity index (χ3v) is 4.79. The van der Waals surface area contributed by atoms with E-state index in [1.165, 1.54) is 6.33 Å². The zero-order valence-electron chi connectivity index (χ0n) is 15.7. The van der Waals surface area contributed by atoms with E-state index in [2.05, 4.69) is 15.3 Å². The highest BCUT2D eigenvalue weighted by Crippen LogP contribution is 2.29. The van der Waals surface area contributed by atoms with Crippen LogP contribution >= 0.6 is 0 Å². The van der Waals surface area contributed by atoms with Crippen molar-refractivity contribution in [3.8, 4) is 17.2 Å². The fraction of sp³-hybridized carbons (Fsp3) is 0.0909. The summed E-state index contributed by atoms with van der Waals surface area (Å²) in [6.07, 6.45) is 3.06. The molecule has 29 heavy (non-hydrogen) atoms. The van der Waals surface area contributed by atoms with Crippen molar-refractivity contribution < 1.29 is 0 Å². The van der Waals surface area contributed by atoms with Crippen molar-refractivity contribution >= 4 is 17.2 Å². The Kier molecular flexibility index (Phi) is 4.67. The summed E-state index contributed by atoms with van der Waals surface area (Å²) in [5.74, 6) is 0.443. The number of nitriles is 1. The van der Waals surface area contributed by atoms with Crippen LogP contribution in [-0.2, 0) is 0 Å². The first-order valence-electron chi connectivity index (χ1n) is 9.07. The zero-order valence-corrected chi connectivity index (χ0v) is 15.7. The Hall–Kier alpha value is -4.18. The molecular formula is C22H18N6O. The second-order valence-electron chi connectivity index (χ2n) is 6.60. The van der Waals surface area contributed by atoms with E-state index in [9.17, 15) is 10.1 Å². The molecule has 7 nitrogen and oxygen atoms in total.